The van der Waals surface area contributed by atoms with Gasteiger partial charge in [0.25, 0.3) is 0 Å². The normalized spacial score (nSPS) is 13.2. The zero-order valence-corrected chi connectivity index (χ0v) is 14.4. The number of rotatable bonds is 5. The molecule has 2 aromatic rings. The van der Waals surface area contributed by atoms with Crippen molar-refractivity contribution in [1.82, 2.24) is 5.32 Å². The summed E-state index contributed by atoms with van der Waals surface area (Å²) in [6.45, 7) is 2.07. The summed E-state index contributed by atoms with van der Waals surface area (Å²) in [6.07, 6.45) is -2.02. The van der Waals surface area contributed by atoms with Gasteiger partial charge in [-0.3, -0.25) is 0 Å². The van der Waals surface area contributed by atoms with E-state index in [0.29, 0.717) is 6.54 Å². The molecule has 0 unspecified atom stereocenters. The van der Waals surface area contributed by atoms with Crippen LogP contribution in [-0.4, -0.2) is 17.3 Å². The van der Waals surface area contributed by atoms with Crippen LogP contribution in [0.2, 0.25) is 0 Å². The molecule has 2 aromatic carbocycles. The van der Waals surface area contributed by atoms with Gasteiger partial charge in [-0.05, 0) is 46.7 Å². The van der Waals surface area contributed by atoms with Crippen molar-refractivity contribution in [2.24, 2.45) is 0 Å². The third kappa shape index (κ3) is 4.71. The van der Waals surface area contributed by atoms with Gasteiger partial charge < -0.3 is 15.2 Å². The first-order valence-electron chi connectivity index (χ1n) is 6.99. The van der Waals surface area contributed by atoms with E-state index in [2.05, 4.69) is 27.9 Å². The Hall–Kier alpha value is -1.60. The predicted octanol–water partition coefficient (Wildman–Crippen LogP) is 3.64. The van der Waals surface area contributed by atoms with Crippen molar-refractivity contribution in [3.8, 4) is 0 Å². The number of halogens is 1. The second-order valence-electron chi connectivity index (χ2n) is 4.92. The average Bonchev–Trinajstić information content (AvgIpc) is 2.53. The molecule has 0 saturated heterocycles. The molecule has 0 bridgehead atoms. The Labute approximate surface area is 143 Å². The monoisotopic (exact) mass is 411 g/mol. The second-order valence-corrected chi connectivity index (χ2v) is 6.08. The summed E-state index contributed by atoms with van der Waals surface area (Å²) in [4.78, 5) is 11.8. The highest BCUT2D eigenvalue weighted by Gasteiger charge is 2.21. The lowest BCUT2D eigenvalue weighted by atomic mass is 10.1. The molecular weight excluding hydrogens is 393 g/mol. The fraction of sp³-hybridized carbons (Fsp3) is 0.235. The SMILES string of the molecule is C[C@H](OC(=O)NCc1ccccc1)[C@@H](O)c1ccccc1I. The first-order valence-corrected chi connectivity index (χ1v) is 8.06. The van der Waals surface area contributed by atoms with Crippen molar-refractivity contribution >= 4 is 28.7 Å². The van der Waals surface area contributed by atoms with Crippen LogP contribution in [-0.2, 0) is 11.3 Å². The zero-order chi connectivity index (χ0) is 15.9. The minimum absolute atomic E-state index is 0.394. The fourth-order valence-electron chi connectivity index (χ4n) is 2.01. The summed E-state index contributed by atoms with van der Waals surface area (Å²) in [6, 6.07) is 17.1. The number of amides is 1. The minimum atomic E-state index is -0.851. The lowest BCUT2D eigenvalue weighted by molar-refractivity contribution is 0.0113. The third-order valence-corrected chi connectivity index (χ3v) is 4.22. The van der Waals surface area contributed by atoms with E-state index in [1.807, 2.05) is 54.6 Å². The van der Waals surface area contributed by atoms with E-state index in [-0.39, 0.29) is 0 Å². The van der Waals surface area contributed by atoms with Gasteiger partial charge in [0, 0.05) is 10.1 Å². The molecule has 0 aliphatic heterocycles. The average molecular weight is 411 g/mol. The number of carbonyl (C=O) groups excluding carboxylic acids is 1. The topological polar surface area (TPSA) is 58.6 Å². The van der Waals surface area contributed by atoms with Gasteiger partial charge in [-0.1, -0.05) is 48.5 Å². The van der Waals surface area contributed by atoms with Crippen LogP contribution in [0.4, 0.5) is 4.79 Å². The van der Waals surface area contributed by atoms with Crippen LogP contribution in [0.5, 0.6) is 0 Å². The molecule has 0 heterocycles. The van der Waals surface area contributed by atoms with Crippen LogP contribution in [0.15, 0.2) is 54.6 Å². The van der Waals surface area contributed by atoms with E-state index in [4.69, 9.17) is 4.74 Å². The number of aliphatic hydroxyl groups excluding tert-OH is 1. The van der Waals surface area contributed by atoms with Crippen LogP contribution >= 0.6 is 22.6 Å². The molecule has 2 rings (SSSR count). The molecule has 0 spiro atoms. The summed E-state index contributed by atoms with van der Waals surface area (Å²) < 4.78 is 6.18. The molecule has 116 valence electrons. The maximum absolute atomic E-state index is 11.8. The quantitative estimate of drug-likeness (QED) is 0.739. The third-order valence-electron chi connectivity index (χ3n) is 3.24. The number of benzene rings is 2. The first kappa shape index (κ1) is 16.8. The molecule has 2 N–H and O–H groups in total. The van der Waals surface area contributed by atoms with Crippen LogP contribution < -0.4 is 5.32 Å². The van der Waals surface area contributed by atoms with Gasteiger partial charge in [-0.15, -0.1) is 0 Å². The Morgan fingerprint density at radius 2 is 1.82 bits per heavy atom. The molecule has 0 saturated carbocycles. The molecule has 4 nitrogen and oxygen atoms in total. The molecule has 0 aliphatic rings. The van der Waals surface area contributed by atoms with Crippen LogP contribution in [0.3, 0.4) is 0 Å². The number of ether oxygens (including phenoxy) is 1. The Morgan fingerprint density at radius 1 is 1.18 bits per heavy atom. The minimum Gasteiger partial charge on any atom is -0.443 e. The molecule has 22 heavy (non-hydrogen) atoms. The number of hydrogen-bond acceptors (Lipinski definition) is 3. The fourth-order valence-corrected chi connectivity index (χ4v) is 2.72. The van der Waals surface area contributed by atoms with Crippen molar-refractivity contribution in [2.75, 3.05) is 0 Å². The molecule has 0 fully saturated rings. The number of aliphatic hydroxyl groups is 1. The van der Waals surface area contributed by atoms with E-state index in [1.54, 1.807) is 6.92 Å². The number of carbonyl (C=O) groups is 1. The number of alkyl carbamates (subject to hydrolysis) is 1. The van der Waals surface area contributed by atoms with Crippen LogP contribution in [0.25, 0.3) is 0 Å². The highest BCUT2D eigenvalue weighted by atomic mass is 127. The molecule has 2 atom stereocenters. The Kier molecular flexibility index (Phi) is 6.21. The summed E-state index contributed by atoms with van der Waals surface area (Å²) in [5, 5.41) is 13.0. The van der Waals surface area contributed by atoms with Crippen molar-refractivity contribution in [3.05, 3.63) is 69.3 Å². The van der Waals surface area contributed by atoms with E-state index in [1.165, 1.54) is 0 Å². The standard InChI is InChI=1S/C17H18INO3/c1-12(16(20)14-9-5-6-10-15(14)18)22-17(21)19-11-13-7-3-2-4-8-13/h2-10,12,16,20H,11H2,1H3,(H,19,21)/t12-,16+/m0/s1. The van der Waals surface area contributed by atoms with Gasteiger partial charge >= 0.3 is 6.09 Å². The van der Waals surface area contributed by atoms with Gasteiger partial charge in [0.05, 0.1) is 0 Å². The largest absolute Gasteiger partial charge is 0.443 e. The van der Waals surface area contributed by atoms with Gasteiger partial charge in [-0.25, -0.2) is 4.79 Å². The van der Waals surface area contributed by atoms with Gasteiger partial charge in [0.2, 0.25) is 0 Å². The lowest BCUT2D eigenvalue weighted by Gasteiger charge is -2.21. The molecule has 5 heteroatoms. The molecule has 0 aliphatic carbocycles. The predicted molar refractivity (Wildman–Crippen MR) is 93.3 cm³/mol. The Balaban J connectivity index is 1.87. The summed E-state index contributed by atoms with van der Waals surface area (Å²) >= 11 is 2.15. The second kappa shape index (κ2) is 8.14. The van der Waals surface area contributed by atoms with Crippen molar-refractivity contribution < 1.29 is 14.6 Å². The number of hydrogen-bond donors (Lipinski definition) is 2. The van der Waals surface area contributed by atoms with Gasteiger partial charge in [0.15, 0.2) is 0 Å². The van der Waals surface area contributed by atoms with Gasteiger partial charge in [-0.2, -0.15) is 0 Å². The zero-order valence-electron chi connectivity index (χ0n) is 12.2. The molecule has 0 radical (unpaired) electrons. The summed E-state index contributed by atoms with van der Waals surface area (Å²) in [7, 11) is 0. The van der Waals surface area contributed by atoms with Crippen molar-refractivity contribution in [1.29, 1.82) is 0 Å². The van der Waals surface area contributed by atoms with Crippen LogP contribution in [0.1, 0.15) is 24.2 Å². The summed E-state index contributed by atoms with van der Waals surface area (Å²) in [5.74, 6) is 0. The van der Waals surface area contributed by atoms with E-state index in [9.17, 15) is 9.90 Å². The van der Waals surface area contributed by atoms with Crippen LogP contribution in [0, 0.1) is 3.57 Å². The molecule has 1 amide bonds. The maximum Gasteiger partial charge on any atom is 0.407 e. The highest BCUT2D eigenvalue weighted by Crippen LogP contribution is 2.24. The Bertz CT molecular complexity index is 618. The first-order chi connectivity index (χ1) is 10.6. The highest BCUT2D eigenvalue weighted by molar-refractivity contribution is 14.1. The molecule has 0 aromatic heterocycles. The van der Waals surface area contributed by atoms with E-state index >= 15 is 0 Å². The Morgan fingerprint density at radius 3 is 2.50 bits per heavy atom. The summed E-state index contributed by atoms with van der Waals surface area (Å²) in [5.41, 5.74) is 1.75. The lowest BCUT2D eigenvalue weighted by Crippen LogP contribution is -2.30. The maximum atomic E-state index is 11.8. The number of nitrogens with one attached hydrogen (secondary N) is 1. The van der Waals surface area contributed by atoms with Crippen molar-refractivity contribution in [2.45, 2.75) is 25.7 Å². The van der Waals surface area contributed by atoms with E-state index < -0.39 is 18.3 Å². The van der Waals surface area contributed by atoms with Gasteiger partial charge in [0.1, 0.15) is 12.2 Å². The van der Waals surface area contributed by atoms with E-state index in [0.717, 1.165) is 14.7 Å². The molecular formula is C17H18INO3. The van der Waals surface area contributed by atoms with Crippen molar-refractivity contribution in [3.63, 3.8) is 0 Å². The smallest absolute Gasteiger partial charge is 0.407 e.